The lowest BCUT2D eigenvalue weighted by Gasteiger charge is -2.23. The maximum atomic E-state index is 13.6. The summed E-state index contributed by atoms with van der Waals surface area (Å²) in [7, 11) is 1.61. The van der Waals surface area contributed by atoms with E-state index in [1.54, 1.807) is 52.4 Å². The number of Topliss-reactive ketones (excluding diaryl/α,β-unsaturated/α-hetero) is 1. The molecule has 0 aliphatic carbocycles. The third-order valence-corrected chi connectivity index (χ3v) is 6.41. The second kappa shape index (κ2) is 8.96. The molecule has 2 N–H and O–H groups in total. The lowest BCUT2D eigenvalue weighted by Crippen LogP contribution is -2.44. The Labute approximate surface area is 194 Å². The van der Waals surface area contributed by atoms with Crippen LogP contribution in [0.1, 0.15) is 56.5 Å². The molecule has 0 aliphatic heterocycles. The highest BCUT2D eigenvalue weighted by Crippen LogP contribution is 2.25. The van der Waals surface area contributed by atoms with Crippen LogP contribution in [0.15, 0.2) is 29.8 Å². The first kappa shape index (κ1) is 23.8. The van der Waals surface area contributed by atoms with Crippen LogP contribution in [0.3, 0.4) is 0 Å². The van der Waals surface area contributed by atoms with Crippen molar-refractivity contribution in [2.75, 3.05) is 5.32 Å². The number of nitrogens with zero attached hydrogens (tertiary/aromatic N) is 3. The van der Waals surface area contributed by atoms with Crippen LogP contribution in [0.2, 0.25) is 0 Å². The molecule has 0 unspecified atom stereocenters. The van der Waals surface area contributed by atoms with Crippen molar-refractivity contribution < 1.29 is 18.8 Å². The van der Waals surface area contributed by atoms with Crippen LogP contribution in [0.4, 0.5) is 10.1 Å². The minimum absolute atomic E-state index is 0.131. The number of carbonyl (C=O) groups is 3. The largest absolute Gasteiger partial charge is 0.343 e. The van der Waals surface area contributed by atoms with Gasteiger partial charge in [0.25, 0.3) is 17.6 Å². The fraction of sp³-hybridized carbons (Fsp3) is 0.261. The van der Waals surface area contributed by atoms with E-state index >= 15 is 0 Å². The van der Waals surface area contributed by atoms with Gasteiger partial charge in [-0.15, -0.1) is 11.3 Å². The molecule has 0 spiro atoms. The van der Waals surface area contributed by atoms with Gasteiger partial charge in [-0.2, -0.15) is 5.26 Å². The van der Waals surface area contributed by atoms with Gasteiger partial charge in [0, 0.05) is 30.0 Å². The molecule has 0 fully saturated rings. The molecule has 2 aromatic heterocycles. The Morgan fingerprint density at radius 2 is 1.94 bits per heavy atom. The summed E-state index contributed by atoms with van der Waals surface area (Å²) in [6.45, 7) is 6.72. The number of amides is 2. The van der Waals surface area contributed by atoms with Crippen LogP contribution < -0.4 is 10.6 Å². The first-order valence-electron chi connectivity index (χ1n) is 9.91. The highest BCUT2D eigenvalue weighted by Gasteiger charge is 2.33. The molecule has 3 rings (SSSR count). The molecule has 8 nitrogen and oxygen atoms in total. The number of benzene rings is 1. The molecule has 0 radical (unpaired) electrons. The van der Waals surface area contributed by atoms with Crippen molar-refractivity contribution in [1.29, 1.82) is 5.26 Å². The van der Waals surface area contributed by atoms with Crippen LogP contribution in [-0.2, 0) is 17.4 Å². The van der Waals surface area contributed by atoms with Crippen molar-refractivity contribution in [2.45, 2.75) is 33.2 Å². The summed E-state index contributed by atoms with van der Waals surface area (Å²) in [5, 5.41) is 16.7. The van der Waals surface area contributed by atoms with Crippen LogP contribution in [0, 0.1) is 31.0 Å². The maximum Gasteiger partial charge on any atom is 0.293 e. The predicted molar refractivity (Wildman–Crippen MR) is 122 cm³/mol. The number of rotatable bonds is 6. The highest BCUT2D eigenvalue weighted by molar-refractivity contribution is 7.09. The van der Waals surface area contributed by atoms with Gasteiger partial charge in [-0.1, -0.05) is 0 Å². The Morgan fingerprint density at radius 3 is 2.55 bits per heavy atom. The molecular formula is C23H22FN5O3S. The number of hydrogen-bond donors (Lipinski definition) is 2. The van der Waals surface area contributed by atoms with Crippen LogP contribution in [0.5, 0.6) is 0 Å². The molecule has 2 heterocycles. The summed E-state index contributed by atoms with van der Waals surface area (Å²) in [6.07, 6.45) is 1.62. The summed E-state index contributed by atoms with van der Waals surface area (Å²) in [5.41, 5.74) is 0.259. The van der Waals surface area contributed by atoms with Gasteiger partial charge in [-0.05, 0) is 51.5 Å². The normalized spacial score (nSPS) is 11.1. The fourth-order valence-electron chi connectivity index (χ4n) is 3.55. The van der Waals surface area contributed by atoms with E-state index in [0.29, 0.717) is 16.3 Å². The molecule has 0 saturated carbocycles. The van der Waals surface area contributed by atoms with E-state index in [4.69, 9.17) is 5.26 Å². The molecule has 0 bridgehead atoms. The number of aromatic nitrogens is 2. The predicted octanol–water partition coefficient (Wildman–Crippen LogP) is 3.60. The Kier molecular flexibility index (Phi) is 6.46. The molecule has 10 heteroatoms. The Balaban J connectivity index is 1.88. The number of carbonyl (C=O) groups excluding carboxylic acids is 3. The third-order valence-electron chi connectivity index (χ3n) is 5.32. The SMILES string of the molecule is Cc1c(C(=O)C(=O)NC(C)(C)c2nccs2)c(C)n(C)c1C(=O)Nc1ccc(F)c(C#N)c1. The summed E-state index contributed by atoms with van der Waals surface area (Å²) < 4.78 is 15.1. The van der Waals surface area contributed by atoms with Crippen molar-refractivity contribution in [3.63, 3.8) is 0 Å². The third kappa shape index (κ3) is 4.54. The number of nitriles is 1. The number of ketones is 1. The Bertz CT molecular complexity index is 1300. The van der Waals surface area contributed by atoms with Gasteiger partial charge >= 0.3 is 0 Å². The van der Waals surface area contributed by atoms with E-state index in [0.717, 1.165) is 6.07 Å². The quantitative estimate of drug-likeness (QED) is 0.424. The molecule has 33 heavy (non-hydrogen) atoms. The average molecular weight is 468 g/mol. The second-order valence-electron chi connectivity index (χ2n) is 8.00. The summed E-state index contributed by atoms with van der Waals surface area (Å²) in [4.78, 5) is 43.0. The Hall–Kier alpha value is -3.84. The van der Waals surface area contributed by atoms with Crippen molar-refractivity contribution in [1.82, 2.24) is 14.9 Å². The van der Waals surface area contributed by atoms with Gasteiger partial charge in [0.15, 0.2) is 0 Å². The summed E-state index contributed by atoms with van der Waals surface area (Å²) >= 11 is 1.36. The Morgan fingerprint density at radius 1 is 1.24 bits per heavy atom. The first-order valence-corrected chi connectivity index (χ1v) is 10.8. The minimum atomic E-state index is -0.848. The van der Waals surface area contributed by atoms with Gasteiger partial charge in [0.05, 0.1) is 16.7 Å². The lowest BCUT2D eigenvalue weighted by atomic mass is 10.0. The van der Waals surface area contributed by atoms with Crippen LogP contribution in [0.25, 0.3) is 0 Å². The van der Waals surface area contributed by atoms with Gasteiger partial charge in [-0.3, -0.25) is 14.4 Å². The highest BCUT2D eigenvalue weighted by atomic mass is 32.1. The van der Waals surface area contributed by atoms with Crippen molar-refractivity contribution in [2.24, 2.45) is 7.05 Å². The number of halogens is 1. The topological polar surface area (TPSA) is 117 Å². The van der Waals surface area contributed by atoms with Crippen molar-refractivity contribution in [3.05, 3.63) is 68.7 Å². The number of nitrogens with one attached hydrogen (secondary N) is 2. The van der Waals surface area contributed by atoms with E-state index in [1.165, 1.54) is 28.0 Å². The number of anilines is 1. The molecule has 0 atom stereocenters. The smallest absolute Gasteiger partial charge is 0.293 e. The zero-order valence-electron chi connectivity index (χ0n) is 18.7. The number of hydrogen-bond acceptors (Lipinski definition) is 6. The minimum Gasteiger partial charge on any atom is -0.343 e. The van der Waals surface area contributed by atoms with Crippen LogP contribution in [-0.4, -0.2) is 27.1 Å². The second-order valence-corrected chi connectivity index (χ2v) is 8.89. The zero-order chi connectivity index (χ0) is 24.5. The standard InChI is InChI=1S/C23H22FN5O3S/c1-12-17(19(30)21(32)28-23(3,4)22-26-8-9-33-22)13(2)29(5)18(12)20(31)27-15-6-7-16(24)14(10-15)11-25/h6-10H,1-5H3,(H,27,31)(H,28,32). The van der Waals surface area contributed by atoms with Crippen molar-refractivity contribution in [3.8, 4) is 6.07 Å². The lowest BCUT2D eigenvalue weighted by molar-refractivity contribution is -0.118. The van der Waals surface area contributed by atoms with E-state index in [-0.39, 0.29) is 22.5 Å². The molecule has 2 amide bonds. The fourth-order valence-corrected chi connectivity index (χ4v) is 4.27. The van der Waals surface area contributed by atoms with E-state index in [2.05, 4.69) is 15.6 Å². The van der Waals surface area contributed by atoms with Gasteiger partial charge in [-0.25, -0.2) is 9.37 Å². The number of thiazole rings is 1. The monoisotopic (exact) mass is 467 g/mol. The average Bonchev–Trinajstić information content (AvgIpc) is 3.37. The summed E-state index contributed by atoms with van der Waals surface area (Å²) in [6, 6.07) is 5.35. The first-order chi connectivity index (χ1) is 15.5. The molecular weight excluding hydrogens is 445 g/mol. The molecule has 0 saturated heterocycles. The van der Waals surface area contributed by atoms with Crippen LogP contribution >= 0.6 is 11.3 Å². The van der Waals surface area contributed by atoms with Gasteiger partial charge in [0.1, 0.15) is 22.6 Å². The van der Waals surface area contributed by atoms with Gasteiger partial charge < -0.3 is 15.2 Å². The van der Waals surface area contributed by atoms with E-state index < -0.39 is 29.0 Å². The van der Waals surface area contributed by atoms with Gasteiger partial charge in [0.2, 0.25) is 0 Å². The molecule has 1 aromatic carbocycles. The maximum absolute atomic E-state index is 13.6. The molecule has 3 aromatic rings. The van der Waals surface area contributed by atoms with E-state index in [9.17, 15) is 18.8 Å². The van der Waals surface area contributed by atoms with Crippen molar-refractivity contribution >= 4 is 34.6 Å². The molecule has 170 valence electrons. The summed E-state index contributed by atoms with van der Waals surface area (Å²) in [5.74, 6) is -2.83. The zero-order valence-corrected chi connectivity index (χ0v) is 19.6. The molecule has 0 aliphatic rings. The van der Waals surface area contributed by atoms with E-state index in [1.807, 2.05) is 0 Å².